The van der Waals surface area contributed by atoms with Gasteiger partial charge in [-0.3, -0.25) is 4.98 Å². The minimum absolute atomic E-state index is 0.688. The molecule has 5 aromatic rings. The molecule has 0 radical (unpaired) electrons. The molecule has 124 valence electrons. The summed E-state index contributed by atoms with van der Waals surface area (Å²) in [6.07, 6.45) is 1.82. The average Bonchev–Trinajstić information content (AvgIpc) is 3.06. The standard InChI is InChI=1S/C23H16N2O/c1-15-11-12-20-19-9-5-8-18(22(19)26-23(20)25-15)16-6-4-7-17(14-16)21-10-2-3-13-24-21/h2-14H,1H3. The van der Waals surface area contributed by atoms with Crippen LogP contribution in [-0.2, 0) is 0 Å². The molecular weight excluding hydrogens is 320 g/mol. The molecule has 0 aliphatic heterocycles. The fourth-order valence-corrected chi connectivity index (χ4v) is 3.38. The highest BCUT2D eigenvalue weighted by Crippen LogP contribution is 2.36. The second-order valence-electron chi connectivity index (χ2n) is 6.39. The van der Waals surface area contributed by atoms with E-state index >= 15 is 0 Å². The topological polar surface area (TPSA) is 38.9 Å². The molecule has 0 amide bonds. The van der Waals surface area contributed by atoms with Gasteiger partial charge >= 0.3 is 0 Å². The highest BCUT2D eigenvalue weighted by Gasteiger charge is 2.13. The van der Waals surface area contributed by atoms with E-state index in [9.17, 15) is 0 Å². The maximum Gasteiger partial charge on any atom is 0.227 e. The van der Waals surface area contributed by atoms with E-state index in [1.165, 1.54) is 0 Å². The third-order valence-corrected chi connectivity index (χ3v) is 4.64. The lowest BCUT2D eigenvalue weighted by Crippen LogP contribution is -1.84. The molecule has 0 fully saturated rings. The van der Waals surface area contributed by atoms with Gasteiger partial charge in [0.2, 0.25) is 5.71 Å². The normalized spacial score (nSPS) is 11.3. The van der Waals surface area contributed by atoms with E-state index in [-0.39, 0.29) is 0 Å². The van der Waals surface area contributed by atoms with Crippen LogP contribution in [0.4, 0.5) is 0 Å². The van der Waals surface area contributed by atoms with Crippen molar-refractivity contribution in [1.29, 1.82) is 0 Å². The first kappa shape index (κ1) is 14.8. The van der Waals surface area contributed by atoms with Gasteiger partial charge in [-0.1, -0.05) is 42.5 Å². The third-order valence-electron chi connectivity index (χ3n) is 4.64. The van der Waals surface area contributed by atoms with Crippen molar-refractivity contribution in [1.82, 2.24) is 9.97 Å². The van der Waals surface area contributed by atoms with E-state index in [1.807, 2.05) is 37.4 Å². The van der Waals surface area contributed by atoms with Gasteiger partial charge in [-0.25, -0.2) is 4.98 Å². The Kier molecular flexibility index (Phi) is 3.32. The number of aryl methyl sites for hydroxylation is 1. The molecule has 3 heterocycles. The van der Waals surface area contributed by atoms with Crippen LogP contribution in [0.25, 0.3) is 44.5 Å². The second kappa shape index (κ2) is 5.81. The second-order valence-corrected chi connectivity index (χ2v) is 6.39. The Bertz CT molecular complexity index is 1240. The number of pyridine rings is 2. The average molecular weight is 336 g/mol. The molecule has 0 bridgehead atoms. The Labute approximate surface area is 151 Å². The molecule has 3 nitrogen and oxygen atoms in total. The predicted octanol–water partition coefficient (Wildman–Crippen LogP) is 6.02. The molecule has 0 saturated heterocycles. The van der Waals surface area contributed by atoms with Crippen molar-refractivity contribution in [2.75, 3.05) is 0 Å². The SMILES string of the molecule is Cc1ccc2c(n1)oc1c(-c3cccc(-c4ccccn4)c3)cccc12. The van der Waals surface area contributed by atoms with Crippen LogP contribution in [0.15, 0.2) is 83.4 Å². The van der Waals surface area contributed by atoms with Crippen LogP contribution in [0.3, 0.4) is 0 Å². The van der Waals surface area contributed by atoms with Gasteiger partial charge in [-0.15, -0.1) is 0 Å². The quantitative estimate of drug-likeness (QED) is 0.396. The molecule has 3 aromatic heterocycles. The zero-order valence-corrected chi connectivity index (χ0v) is 14.3. The maximum atomic E-state index is 6.14. The Balaban J connectivity index is 1.73. The van der Waals surface area contributed by atoms with Gasteiger partial charge < -0.3 is 4.42 Å². The lowest BCUT2D eigenvalue weighted by atomic mass is 9.99. The molecule has 0 aliphatic rings. The predicted molar refractivity (Wildman–Crippen MR) is 105 cm³/mol. The van der Waals surface area contributed by atoms with Gasteiger partial charge in [0.15, 0.2) is 0 Å². The first-order valence-electron chi connectivity index (χ1n) is 8.60. The summed E-state index contributed by atoms with van der Waals surface area (Å²) in [6.45, 7) is 1.98. The summed E-state index contributed by atoms with van der Waals surface area (Å²) < 4.78 is 6.14. The molecular formula is C23H16N2O. The van der Waals surface area contributed by atoms with Crippen LogP contribution >= 0.6 is 0 Å². The summed E-state index contributed by atoms with van der Waals surface area (Å²) in [7, 11) is 0. The number of rotatable bonds is 2. The van der Waals surface area contributed by atoms with Crippen molar-refractivity contribution in [2.24, 2.45) is 0 Å². The van der Waals surface area contributed by atoms with Crippen molar-refractivity contribution in [3.05, 3.63) is 84.7 Å². The molecule has 0 spiro atoms. The van der Waals surface area contributed by atoms with Gasteiger partial charge in [0.25, 0.3) is 0 Å². The van der Waals surface area contributed by atoms with E-state index in [2.05, 4.69) is 58.5 Å². The summed E-state index contributed by atoms with van der Waals surface area (Å²) in [5.74, 6) is 0. The van der Waals surface area contributed by atoms with Gasteiger partial charge in [-0.05, 0) is 42.8 Å². The molecule has 0 saturated carbocycles. The number of para-hydroxylation sites is 1. The third kappa shape index (κ3) is 2.37. The largest absolute Gasteiger partial charge is 0.437 e. The van der Waals surface area contributed by atoms with Crippen molar-refractivity contribution in [3.63, 3.8) is 0 Å². The lowest BCUT2D eigenvalue weighted by molar-refractivity contribution is 0.653. The van der Waals surface area contributed by atoms with Crippen molar-refractivity contribution in [3.8, 4) is 22.4 Å². The Hall–Kier alpha value is -3.46. The van der Waals surface area contributed by atoms with E-state index in [1.54, 1.807) is 0 Å². The van der Waals surface area contributed by atoms with Crippen LogP contribution < -0.4 is 0 Å². The van der Waals surface area contributed by atoms with Crippen LogP contribution in [-0.4, -0.2) is 9.97 Å². The fourth-order valence-electron chi connectivity index (χ4n) is 3.38. The van der Waals surface area contributed by atoms with E-state index in [0.29, 0.717) is 5.71 Å². The molecule has 3 heteroatoms. The molecule has 26 heavy (non-hydrogen) atoms. The number of hydrogen-bond acceptors (Lipinski definition) is 3. The van der Waals surface area contributed by atoms with E-state index in [0.717, 1.165) is 44.4 Å². The molecule has 0 unspecified atom stereocenters. The molecule has 5 rings (SSSR count). The molecule has 2 aromatic carbocycles. The number of hydrogen-bond donors (Lipinski definition) is 0. The Morgan fingerprint density at radius 2 is 1.65 bits per heavy atom. The zero-order valence-electron chi connectivity index (χ0n) is 14.3. The maximum absolute atomic E-state index is 6.14. The number of fused-ring (bicyclic) bond motifs is 3. The number of aromatic nitrogens is 2. The first-order valence-corrected chi connectivity index (χ1v) is 8.60. The number of benzene rings is 2. The number of furan rings is 1. The van der Waals surface area contributed by atoms with Crippen LogP contribution in [0.1, 0.15) is 5.69 Å². The smallest absolute Gasteiger partial charge is 0.227 e. The van der Waals surface area contributed by atoms with Crippen molar-refractivity contribution >= 4 is 22.1 Å². The monoisotopic (exact) mass is 336 g/mol. The molecule has 0 aliphatic carbocycles. The summed E-state index contributed by atoms with van der Waals surface area (Å²) >= 11 is 0. The Morgan fingerprint density at radius 1 is 0.769 bits per heavy atom. The summed E-state index contributed by atoms with van der Waals surface area (Å²) in [5.41, 5.74) is 6.74. The fraction of sp³-hybridized carbons (Fsp3) is 0.0435. The summed E-state index contributed by atoms with van der Waals surface area (Å²) in [4.78, 5) is 8.99. The van der Waals surface area contributed by atoms with Crippen molar-refractivity contribution in [2.45, 2.75) is 6.92 Å². The summed E-state index contributed by atoms with van der Waals surface area (Å²) in [6, 6.07) is 24.7. The molecule has 0 atom stereocenters. The van der Waals surface area contributed by atoms with Gasteiger partial charge in [0.1, 0.15) is 5.58 Å². The lowest BCUT2D eigenvalue weighted by Gasteiger charge is -2.06. The van der Waals surface area contributed by atoms with E-state index in [4.69, 9.17) is 4.42 Å². The Morgan fingerprint density at radius 3 is 2.54 bits per heavy atom. The number of nitrogens with zero attached hydrogens (tertiary/aromatic N) is 2. The summed E-state index contributed by atoms with van der Waals surface area (Å²) in [5, 5.41) is 2.14. The van der Waals surface area contributed by atoms with Crippen LogP contribution in [0, 0.1) is 6.92 Å². The van der Waals surface area contributed by atoms with E-state index < -0.39 is 0 Å². The van der Waals surface area contributed by atoms with Gasteiger partial charge in [0, 0.05) is 33.8 Å². The highest BCUT2D eigenvalue weighted by atomic mass is 16.3. The van der Waals surface area contributed by atoms with Crippen LogP contribution in [0.2, 0.25) is 0 Å². The highest BCUT2D eigenvalue weighted by molar-refractivity contribution is 6.08. The van der Waals surface area contributed by atoms with Gasteiger partial charge in [0.05, 0.1) is 5.69 Å². The van der Waals surface area contributed by atoms with Gasteiger partial charge in [-0.2, -0.15) is 0 Å². The molecule has 0 N–H and O–H groups in total. The van der Waals surface area contributed by atoms with Crippen LogP contribution in [0.5, 0.6) is 0 Å². The van der Waals surface area contributed by atoms with Crippen molar-refractivity contribution < 1.29 is 4.42 Å². The minimum Gasteiger partial charge on any atom is -0.437 e. The minimum atomic E-state index is 0.688. The zero-order chi connectivity index (χ0) is 17.5. The first-order chi connectivity index (χ1) is 12.8.